The Bertz CT molecular complexity index is 1480. The molecule has 0 aliphatic rings. The summed E-state index contributed by atoms with van der Waals surface area (Å²) in [4.78, 5) is 38.4. The third kappa shape index (κ3) is 63.4. The minimum Gasteiger partial charge on any atom is -0.462 e. The Morgan fingerprint density at radius 3 is 0.808 bits per heavy atom. The van der Waals surface area contributed by atoms with Crippen LogP contribution in [0.25, 0.3) is 0 Å². The fourth-order valence-electron chi connectivity index (χ4n) is 9.62. The highest BCUT2D eigenvalue weighted by atomic mass is 16.6. The minimum absolute atomic E-state index is 0.0914. The molecule has 0 saturated heterocycles. The minimum atomic E-state index is -0.797. The van der Waals surface area contributed by atoms with Gasteiger partial charge in [-0.15, -0.1) is 0 Å². The van der Waals surface area contributed by atoms with Crippen LogP contribution in [0.3, 0.4) is 0 Å². The molecule has 0 radical (unpaired) electrons. The lowest BCUT2D eigenvalue weighted by atomic mass is 10.0. The van der Waals surface area contributed by atoms with Gasteiger partial charge >= 0.3 is 17.9 Å². The maximum atomic E-state index is 12.9. The van der Waals surface area contributed by atoms with Gasteiger partial charge in [-0.1, -0.05) is 305 Å². The Morgan fingerprint density at radius 2 is 0.500 bits per heavy atom. The van der Waals surface area contributed by atoms with Crippen molar-refractivity contribution >= 4 is 17.9 Å². The molecule has 0 amide bonds. The van der Waals surface area contributed by atoms with E-state index in [0.29, 0.717) is 19.3 Å². The first-order valence-corrected chi connectivity index (χ1v) is 33.6. The van der Waals surface area contributed by atoms with Crippen molar-refractivity contribution < 1.29 is 28.6 Å². The largest absolute Gasteiger partial charge is 0.462 e. The Labute approximate surface area is 484 Å². The van der Waals surface area contributed by atoms with Gasteiger partial charge in [-0.05, 0) is 96.3 Å². The van der Waals surface area contributed by atoms with Gasteiger partial charge in [0.1, 0.15) is 13.2 Å². The zero-order valence-corrected chi connectivity index (χ0v) is 51.7. The summed E-state index contributed by atoms with van der Waals surface area (Å²) in [6, 6.07) is 0. The zero-order chi connectivity index (χ0) is 56.4. The highest BCUT2D eigenvalue weighted by molar-refractivity contribution is 5.71. The van der Waals surface area contributed by atoms with Crippen LogP contribution in [0.15, 0.2) is 85.1 Å². The second kappa shape index (κ2) is 66.1. The number of allylic oxidation sites excluding steroid dienone is 14. The first kappa shape index (κ1) is 74.6. The van der Waals surface area contributed by atoms with Gasteiger partial charge in [-0.3, -0.25) is 14.4 Å². The molecule has 0 aliphatic heterocycles. The SMILES string of the molecule is CC/C=C\C/C=C\C/C=C\C/C=C\CCCCC(=O)OCC(COC(=O)CCCCCCCCCC/C=C\C/C=C\C/C=C\CCCCCCC)OC(=O)CCCCCCCCCCCCCCCCCCCCCCCC. The first-order valence-electron chi connectivity index (χ1n) is 33.6. The molecule has 0 saturated carbocycles. The van der Waals surface area contributed by atoms with Crippen LogP contribution in [-0.4, -0.2) is 37.2 Å². The van der Waals surface area contributed by atoms with Gasteiger partial charge in [-0.25, -0.2) is 0 Å². The lowest BCUT2D eigenvalue weighted by Gasteiger charge is -2.18. The summed E-state index contributed by atoms with van der Waals surface area (Å²) in [5, 5.41) is 0. The Balaban J connectivity index is 4.37. The molecule has 6 heteroatoms. The molecule has 0 rings (SSSR count). The van der Waals surface area contributed by atoms with Crippen LogP contribution in [0.2, 0.25) is 0 Å². The van der Waals surface area contributed by atoms with Crippen LogP contribution >= 0.6 is 0 Å². The van der Waals surface area contributed by atoms with Crippen molar-refractivity contribution in [1.82, 2.24) is 0 Å². The van der Waals surface area contributed by atoms with Gasteiger partial charge in [0.25, 0.3) is 0 Å². The van der Waals surface area contributed by atoms with Crippen molar-refractivity contribution in [2.75, 3.05) is 13.2 Å². The van der Waals surface area contributed by atoms with Crippen molar-refractivity contribution in [3.05, 3.63) is 85.1 Å². The standard InChI is InChI=1S/C72H126O6/c1-4-7-10-13-16-19-22-25-28-30-32-34-36-38-39-41-44-47-50-53-56-59-62-65-71(74)77-68-69(67-76-70(73)64-61-58-55-52-49-46-43-27-24-21-18-15-12-9-6-3)78-72(75)66-63-60-57-54-51-48-45-42-40-37-35-33-31-29-26-23-20-17-14-11-8-5-2/h9,12,18,21-22,25,27,30,32,36,38,43,49,52,69H,4-8,10-11,13-17,19-20,23-24,26,28-29,31,33-35,37,39-42,44-48,50-51,53-68H2,1-3H3/b12-9-,21-18-,25-22-,32-30-,38-36-,43-27-,52-49-. The van der Waals surface area contributed by atoms with Crippen LogP contribution in [0.1, 0.15) is 335 Å². The number of carbonyl (C=O) groups is 3. The molecule has 0 aromatic heterocycles. The van der Waals surface area contributed by atoms with Crippen molar-refractivity contribution in [3.8, 4) is 0 Å². The molecule has 0 heterocycles. The third-order valence-corrected chi connectivity index (χ3v) is 14.6. The van der Waals surface area contributed by atoms with Crippen molar-refractivity contribution in [1.29, 1.82) is 0 Å². The first-order chi connectivity index (χ1) is 38.5. The highest BCUT2D eigenvalue weighted by Gasteiger charge is 2.19. The summed E-state index contributed by atoms with van der Waals surface area (Å²) in [6.45, 7) is 6.52. The fraction of sp³-hybridized carbons (Fsp3) is 0.764. The van der Waals surface area contributed by atoms with E-state index in [-0.39, 0.29) is 31.1 Å². The molecule has 0 fully saturated rings. The van der Waals surface area contributed by atoms with E-state index in [2.05, 4.69) is 106 Å². The van der Waals surface area contributed by atoms with E-state index < -0.39 is 6.10 Å². The maximum Gasteiger partial charge on any atom is 0.306 e. The molecule has 450 valence electrons. The van der Waals surface area contributed by atoms with Gasteiger partial charge < -0.3 is 14.2 Å². The maximum absolute atomic E-state index is 12.9. The topological polar surface area (TPSA) is 78.9 Å². The summed E-state index contributed by atoms with van der Waals surface area (Å²) < 4.78 is 16.9. The van der Waals surface area contributed by atoms with E-state index in [4.69, 9.17) is 14.2 Å². The molecule has 1 unspecified atom stereocenters. The molecule has 0 N–H and O–H groups in total. The average molecular weight is 1090 g/mol. The average Bonchev–Trinajstić information content (AvgIpc) is 3.44. The summed E-state index contributed by atoms with van der Waals surface area (Å²) in [7, 11) is 0. The summed E-state index contributed by atoms with van der Waals surface area (Å²) in [5.74, 6) is -0.925. The van der Waals surface area contributed by atoms with Gasteiger partial charge in [0.2, 0.25) is 0 Å². The smallest absolute Gasteiger partial charge is 0.306 e. The highest BCUT2D eigenvalue weighted by Crippen LogP contribution is 2.17. The summed E-state index contributed by atoms with van der Waals surface area (Å²) in [6.07, 6.45) is 87.4. The van der Waals surface area contributed by atoms with Gasteiger partial charge in [-0.2, -0.15) is 0 Å². The normalized spacial score (nSPS) is 12.6. The summed E-state index contributed by atoms with van der Waals surface area (Å²) in [5.41, 5.74) is 0. The lowest BCUT2D eigenvalue weighted by Crippen LogP contribution is -2.30. The van der Waals surface area contributed by atoms with E-state index in [1.807, 2.05) is 0 Å². The van der Waals surface area contributed by atoms with Crippen LogP contribution in [0, 0.1) is 0 Å². The number of unbranched alkanes of at least 4 members (excludes halogenated alkanes) is 36. The lowest BCUT2D eigenvalue weighted by molar-refractivity contribution is -0.167. The van der Waals surface area contributed by atoms with Gasteiger partial charge in [0.05, 0.1) is 0 Å². The Morgan fingerprint density at radius 1 is 0.269 bits per heavy atom. The predicted molar refractivity (Wildman–Crippen MR) is 339 cm³/mol. The molecule has 0 aromatic carbocycles. The molecule has 0 aromatic rings. The van der Waals surface area contributed by atoms with E-state index in [9.17, 15) is 14.4 Å². The number of carbonyl (C=O) groups excluding carboxylic acids is 3. The number of hydrogen-bond donors (Lipinski definition) is 0. The van der Waals surface area contributed by atoms with Crippen molar-refractivity contribution in [2.45, 2.75) is 341 Å². The van der Waals surface area contributed by atoms with Crippen molar-refractivity contribution in [3.63, 3.8) is 0 Å². The molecule has 0 spiro atoms. The second-order valence-corrected chi connectivity index (χ2v) is 22.4. The van der Waals surface area contributed by atoms with E-state index in [0.717, 1.165) is 103 Å². The van der Waals surface area contributed by atoms with E-state index >= 15 is 0 Å². The third-order valence-electron chi connectivity index (χ3n) is 14.6. The molecule has 0 bridgehead atoms. The predicted octanol–water partition coefficient (Wildman–Crippen LogP) is 23.1. The molecule has 6 nitrogen and oxygen atoms in total. The number of esters is 3. The van der Waals surface area contributed by atoms with Crippen LogP contribution in [-0.2, 0) is 28.6 Å². The molecular weight excluding hydrogens is 961 g/mol. The van der Waals surface area contributed by atoms with E-state index in [1.54, 1.807) is 0 Å². The quantitative estimate of drug-likeness (QED) is 0.0261. The van der Waals surface area contributed by atoms with Crippen LogP contribution in [0.5, 0.6) is 0 Å². The van der Waals surface area contributed by atoms with Crippen LogP contribution in [0.4, 0.5) is 0 Å². The molecule has 0 aliphatic carbocycles. The number of hydrogen-bond acceptors (Lipinski definition) is 6. The number of ether oxygens (including phenoxy) is 3. The molecule has 1 atom stereocenters. The monoisotopic (exact) mass is 1090 g/mol. The van der Waals surface area contributed by atoms with Gasteiger partial charge in [0, 0.05) is 19.3 Å². The fourth-order valence-corrected chi connectivity index (χ4v) is 9.62. The summed E-state index contributed by atoms with van der Waals surface area (Å²) >= 11 is 0. The van der Waals surface area contributed by atoms with E-state index in [1.165, 1.54) is 193 Å². The van der Waals surface area contributed by atoms with Crippen molar-refractivity contribution in [2.24, 2.45) is 0 Å². The van der Waals surface area contributed by atoms with Gasteiger partial charge in [0.15, 0.2) is 6.10 Å². The zero-order valence-electron chi connectivity index (χ0n) is 51.7. The Kier molecular flexibility index (Phi) is 63.2. The molecule has 78 heavy (non-hydrogen) atoms. The second-order valence-electron chi connectivity index (χ2n) is 22.4. The molecular formula is C72H126O6. The Hall–Kier alpha value is -3.41. The number of rotatable bonds is 61. The van der Waals surface area contributed by atoms with Crippen LogP contribution < -0.4 is 0 Å².